The topological polar surface area (TPSA) is 56.2 Å². The molecule has 0 bridgehead atoms. The van der Waals surface area contributed by atoms with Gasteiger partial charge in [-0.1, -0.05) is 17.7 Å². The highest BCUT2D eigenvalue weighted by Crippen LogP contribution is 2.37. The van der Waals surface area contributed by atoms with Crippen molar-refractivity contribution in [2.24, 2.45) is 11.8 Å². The summed E-state index contributed by atoms with van der Waals surface area (Å²) in [5.74, 6) is 1.25. The third-order valence-electron chi connectivity index (χ3n) is 7.04. The van der Waals surface area contributed by atoms with Crippen LogP contribution < -0.4 is 4.90 Å². The minimum absolute atomic E-state index is 0.00770. The van der Waals surface area contributed by atoms with E-state index in [0.717, 1.165) is 56.4 Å². The second kappa shape index (κ2) is 7.73. The maximum Gasteiger partial charge on any atom is 0.407 e. The second-order valence-corrected chi connectivity index (χ2v) is 9.28. The Hall–Kier alpha value is -1.50. The van der Waals surface area contributed by atoms with E-state index in [1.807, 2.05) is 6.07 Å². The van der Waals surface area contributed by atoms with Gasteiger partial charge in [0.15, 0.2) is 0 Å². The van der Waals surface area contributed by atoms with Crippen molar-refractivity contribution in [1.29, 1.82) is 0 Å². The number of carboxylic acid groups (broad SMARTS) is 1. The molecule has 3 saturated heterocycles. The Morgan fingerprint density at radius 3 is 2.54 bits per heavy atom. The predicted octanol–water partition coefficient (Wildman–Crippen LogP) is 3.39. The average Bonchev–Trinajstić information content (AvgIpc) is 3.25. The quantitative estimate of drug-likeness (QED) is 0.829. The molecule has 1 N–H and O–H groups in total. The van der Waals surface area contributed by atoms with Crippen LogP contribution in [0.1, 0.15) is 25.3 Å². The SMILES string of the molecule is CN(Cc1ccc(Cl)c(N2CC3COCC3C2)c1)C1(C)CCN(C(=O)O)CC1. The van der Waals surface area contributed by atoms with Gasteiger partial charge in [0.05, 0.1) is 23.9 Å². The first kappa shape index (κ1) is 19.8. The summed E-state index contributed by atoms with van der Waals surface area (Å²) in [5.41, 5.74) is 2.39. The average molecular weight is 408 g/mol. The molecule has 0 aliphatic carbocycles. The van der Waals surface area contributed by atoms with Gasteiger partial charge in [0, 0.05) is 50.1 Å². The zero-order valence-electron chi connectivity index (χ0n) is 16.7. The summed E-state index contributed by atoms with van der Waals surface area (Å²) >= 11 is 6.54. The number of piperidine rings is 1. The molecule has 2 unspecified atom stereocenters. The number of carbonyl (C=O) groups is 1. The van der Waals surface area contributed by atoms with Gasteiger partial charge in [0.1, 0.15) is 0 Å². The molecule has 1 aromatic rings. The maximum atomic E-state index is 11.2. The summed E-state index contributed by atoms with van der Waals surface area (Å²) in [5, 5.41) is 10.0. The zero-order chi connectivity index (χ0) is 19.9. The Balaban J connectivity index is 1.43. The van der Waals surface area contributed by atoms with E-state index in [9.17, 15) is 9.90 Å². The first-order valence-electron chi connectivity index (χ1n) is 10.2. The zero-order valence-corrected chi connectivity index (χ0v) is 17.5. The lowest BCUT2D eigenvalue weighted by Gasteiger charge is -2.44. The number of rotatable bonds is 4. The van der Waals surface area contributed by atoms with Crippen LogP contribution in [0.2, 0.25) is 5.02 Å². The molecule has 0 spiro atoms. The molecule has 6 nitrogen and oxygen atoms in total. The van der Waals surface area contributed by atoms with Crippen LogP contribution in [0.15, 0.2) is 18.2 Å². The molecule has 1 aromatic carbocycles. The Bertz CT molecular complexity index is 724. The monoisotopic (exact) mass is 407 g/mol. The normalized spacial score (nSPS) is 26.7. The van der Waals surface area contributed by atoms with Crippen LogP contribution >= 0.6 is 11.6 Å². The van der Waals surface area contributed by atoms with Crippen LogP contribution in [-0.2, 0) is 11.3 Å². The van der Waals surface area contributed by atoms with Crippen LogP contribution in [0.4, 0.5) is 10.5 Å². The molecule has 0 saturated carbocycles. The number of ether oxygens (including phenoxy) is 1. The lowest BCUT2D eigenvalue weighted by molar-refractivity contribution is 0.0480. The van der Waals surface area contributed by atoms with Gasteiger partial charge in [-0.25, -0.2) is 4.79 Å². The van der Waals surface area contributed by atoms with Crippen LogP contribution in [0.3, 0.4) is 0 Å². The molecule has 3 heterocycles. The first-order valence-corrected chi connectivity index (χ1v) is 10.5. The number of halogens is 1. The van der Waals surface area contributed by atoms with Crippen molar-refractivity contribution < 1.29 is 14.6 Å². The number of likely N-dealkylation sites (tertiary alicyclic amines) is 1. The van der Waals surface area contributed by atoms with Gasteiger partial charge in [-0.15, -0.1) is 0 Å². The predicted molar refractivity (Wildman–Crippen MR) is 110 cm³/mol. The molecule has 3 aliphatic heterocycles. The van der Waals surface area contributed by atoms with Gasteiger partial charge < -0.3 is 19.6 Å². The van der Waals surface area contributed by atoms with Gasteiger partial charge in [0.25, 0.3) is 0 Å². The van der Waals surface area contributed by atoms with Gasteiger partial charge in [-0.3, -0.25) is 4.90 Å². The number of hydrogen-bond acceptors (Lipinski definition) is 4. The molecule has 0 aromatic heterocycles. The van der Waals surface area contributed by atoms with Gasteiger partial charge >= 0.3 is 6.09 Å². The minimum Gasteiger partial charge on any atom is -0.465 e. The molecule has 1 amide bonds. The molecule has 3 fully saturated rings. The van der Waals surface area contributed by atoms with E-state index in [2.05, 4.69) is 35.9 Å². The number of amides is 1. The summed E-state index contributed by atoms with van der Waals surface area (Å²) in [7, 11) is 2.14. The smallest absolute Gasteiger partial charge is 0.407 e. The van der Waals surface area contributed by atoms with E-state index in [1.165, 1.54) is 10.5 Å². The third kappa shape index (κ3) is 3.82. The van der Waals surface area contributed by atoms with Gasteiger partial charge in [-0.2, -0.15) is 0 Å². The molecular weight excluding hydrogens is 378 g/mol. The summed E-state index contributed by atoms with van der Waals surface area (Å²) in [4.78, 5) is 17.5. The summed E-state index contributed by atoms with van der Waals surface area (Å²) in [6.07, 6.45) is 0.894. The van der Waals surface area contributed by atoms with E-state index in [1.54, 1.807) is 0 Å². The highest BCUT2D eigenvalue weighted by Gasteiger charge is 2.38. The van der Waals surface area contributed by atoms with E-state index >= 15 is 0 Å². The van der Waals surface area contributed by atoms with Crippen molar-refractivity contribution in [1.82, 2.24) is 9.80 Å². The number of anilines is 1. The molecular formula is C21H30ClN3O3. The Kier molecular flexibility index (Phi) is 5.47. The number of hydrogen-bond donors (Lipinski definition) is 1. The van der Waals surface area contributed by atoms with E-state index < -0.39 is 6.09 Å². The Labute approximate surface area is 172 Å². The molecule has 0 radical (unpaired) electrons. The van der Waals surface area contributed by atoms with Crippen LogP contribution in [0.5, 0.6) is 0 Å². The summed E-state index contributed by atoms with van der Waals surface area (Å²) in [6.45, 7) is 8.04. The largest absolute Gasteiger partial charge is 0.465 e. The van der Waals surface area contributed by atoms with Crippen molar-refractivity contribution in [2.75, 3.05) is 51.3 Å². The number of benzene rings is 1. The highest BCUT2D eigenvalue weighted by molar-refractivity contribution is 6.33. The van der Waals surface area contributed by atoms with Crippen LogP contribution in [0, 0.1) is 11.8 Å². The first-order chi connectivity index (χ1) is 13.4. The van der Waals surface area contributed by atoms with Crippen molar-refractivity contribution in [3.63, 3.8) is 0 Å². The molecule has 154 valence electrons. The number of nitrogens with zero attached hydrogens (tertiary/aromatic N) is 3. The number of fused-ring (bicyclic) bond motifs is 1. The fourth-order valence-corrected chi connectivity index (χ4v) is 5.05. The minimum atomic E-state index is -0.812. The van der Waals surface area contributed by atoms with Crippen molar-refractivity contribution in [3.05, 3.63) is 28.8 Å². The fourth-order valence-electron chi connectivity index (χ4n) is 4.81. The van der Waals surface area contributed by atoms with Gasteiger partial charge in [0.2, 0.25) is 0 Å². The summed E-state index contributed by atoms with van der Waals surface area (Å²) < 4.78 is 5.60. The Morgan fingerprint density at radius 1 is 1.29 bits per heavy atom. The lowest BCUT2D eigenvalue weighted by Crippen LogP contribution is -2.52. The van der Waals surface area contributed by atoms with Gasteiger partial charge in [-0.05, 0) is 44.5 Å². The van der Waals surface area contributed by atoms with E-state index in [-0.39, 0.29) is 5.54 Å². The van der Waals surface area contributed by atoms with E-state index in [4.69, 9.17) is 16.3 Å². The van der Waals surface area contributed by atoms with Crippen LogP contribution in [0.25, 0.3) is 0 Å². The molecule has 4 rings (SSSR count). The third-order valence-corrected chi connectivity index (χ3v) is 7.36. The molecule has 7 heteroatoms. The van der Waals surface area contributed by atoms with Crippen molar-refractivity contribution >= 4 is 23.4 Å². The highest BCUT2D eigenvalue weighted by atomic mass is 35.5. The van der Waals surface area contributed by atoms with Crippen molar-refractivity contribution in [3.8, 4) is 0 Å². The van der Waals surface area contributed by atoms with Crippen molar-refractivity contribution in [2.45, 2.75) is 31.8 Å². The molecule has 3 aliphatic rings. The maximum absolute atomic E-state index is 11.2. The fraction of sp³-hybridized carbons (Fsp3) is 0.667. The Morgan fingerprint density at radius 2 is 1.93 bits per heavy atom. The molecule has 2 atom stereocenters. The lowest BCUT2D eigenvalue weighted by atomic mass is 9.88. The summed E-state index contributed by atoms with van der Waals surface area (Å²) in [6, 6.07) is 6.36. The van der Waals surface area contributed by atoms with Crippen LogP contribution in [-0.4, -0.2) is 73.0 Å². The van der Waals surface area contributed by atoms with E-state index in [0.29, 0.717) is 24.9 Å². The standard InChI is InChI=1S/C21H30ClN3O3/c1-21(5-7-24(8-6-21)20(26)27)23(2)10-15-3-4-18(22)19(9-15)25-11-16-13-28-14-17(16)12-25/h3-4,9,16-17H,5-8,10-14H2,1-2H3,(H,26,27). The second-order valence-electron chi connectivity index (χ2n) is 8.87. The molecule has 28 heavy (non-hydrogen) atoms.